The molecule has 2 N–H and O–H groups in total. The van der Waals surface area contributed by atoms with Crippen LogP contribution in [-0.2, 0) is 0 Å². The van der Waals surface area contributed by atoms with E-state index >= 15 is 0 Å². The van der Waals surface area contributed by atoms with Crippen molar-refractivity contribution in [2.75, 3.05) is 33.3 Å². The van der Waals surface area contributed by atoms with Crippen LogP contribution in [-0.4, -0.2) is 49.3 Å². The summed E-state index contributed by atoms with van der Waals surface area (Å²) in [6.45, 7) is 8.26. The van der Waals surface area contributed by atoms with E-state index in [1.54, 1.807) is 0 Å². The zero-order valence-electron chi connectivity index (χ0n) is 11.8. The first-order valence-corrected chi connectivity index (χ1v) is 7.14. The molecule has 1 atom stereocenters. The van der Waals surface area contributed by atoms with Gasteiger partial charge in [0.2, 0.25) is 0 Å². The Labute approximate surface area is 107 Å². The molecule has 1 aliphatic rings. The van der Waals surface area contributed by atoms with E-state index in [1.165, 1.54) is 25.7 Å². The minimum atomic E-state index is 0.318. The van der Waals surface area contributed by atoms with Crippen molar-refractivity contribution in [2.24, 2.45) is 5.41 Å². The summed E-state index contributed by atoms with van der Waals surface area (Å²) < 4.78 is 0. The van der Waals surface area contributed by atoms with E-state index in [0.717, 1.165) is 32.1 Å². The Bertz CT molecular complexity index is 206. The van der Waals surface area contributed by atoms with Crippen LogP contribution in [0.4, 0.5) is 0 Å². The Kier molecular flexibility index (Phi) is 6.45. The molecule has 0 amide bonds. The summed E-state index contributed by atoms with van der Waals surface area (Å²) in [6.07, 6.45) is 6.21. The quantitative estimate of drug-likeness (QED) is 0.648. The molecule has 1 rings (SSSR count). The highest BCUT2D eigenvalue weighted by molar-refractivity contribution is 4.86. The maximum absolute atomic E-state index is 9.01. The highest BCUT2D eigenvalue weighted by Crippen LogP contribution is 2.29. The lowest BCUT2D eigenvalue weighted by atomic mass is 9.84. The second kappa shape index (κ2) is 7.34. The van der Waals surface area contributed by atoms with Gasteiger partial charge in [-0.3, -0.25) is 4.90 Å². The zero-order valence-corrected chi connectivity index (χ0v) is 11.8. The Balaban J connectivity index is 2.49. The van der Waals surface area contributed by atoms with Crippen molar-refractivity contribution >= 4 is 0 Å². The van der Waals surface area contributed by atoms with Gasteiger partial charge >= 0.3 is 0 Å². The summed E-state index contributed by atoms with van der Waals surface area (Å²) in [6, 6.07) is 0.782. The van der Waals surface area contributed by atoms with Gasteiger partial charge in [-0.05, 0) is 38.1 Å². The smallest absolute Gasteiger partial charge is 0.0443 e. The average molecular weight is 242 g/mol. The van der Waals surface area contributed by atoms with E-state index < -0.39 is 0 Å². The molecular weight excluding hydrogens is 212 g/mol. The van der Waals surface area contributed by atoms with Crippen molar-refractivity contribution in [3.05, 3.63) is 0 Å². The van der Waals surface area contributed by atoms with Gasteiger partial charge in [-0.1, -0.05) is 20.3 Å². The molecule has 0 saturated heterocycles. The van der Waals surface area contributed by atoms with Gasteiger partial charge in [0.05, 0.1) is 0 Å². The first kappa shape index (κ1) is 14.9. The third-order valence-electron chi connectivity index (χ3n) is 4.24. The number of hydrogen-bond acceptors (Lipinski definition) is 3. The van der Waals surface area contributed by atoms with Gasteiger partial charge in [0.15, 0.2) is 0 Å². The fraction of sp³-hybridized carbons (Fsp3) is 1.00. The molecule has 0 spiro atoms. The molecule has 3 heteroatoms. The Morgan fingerprint density at radius 2 is 2.12 bits per heavy atom. The van der Waals surface area contributed by atoms with Gasteiger partial charge < -0.3 is 10.4 Å². The molecule has 0 aliphatic heterocycles. The van der Waals surface area contributed by atoms with Crippen LogP contribution >= 0.6 is 0 Å². The van der Waals surface area contributed by atoms with Crippen molar-refractivity contribution in [1.29, 1.82) is 0 Å². The number of nitrogens with zero attached hydrogens (tertiary/aromatic N) is 1. The second-order valence-corrected chi connectivity index (χ2v) is 5.83. The number of nitrogens with one attached hydrogen (secondary N) is 1. The molecule has 17 heavy (non-hydrogen) atoms. The normalized spacial score (nSPS) is 20.3. The number of rotatable bonds is 9. The van der Waals surface area contributed by atoms with Gasteiger partial charge in [0.1, 0.15) is 0 Å². The zero-order chi connectivity index (χ0) is 12.7. The van der Waals surface area contributed by atoms with E-state index in [-0.39, 0.29) is 0 Å². The largest absolute Gasteiger partial charge is 0.396 e. The van der Waals surface area contributed by atoms with Crippen molar-refractivity contribution < 1.29 is 5.11 Å². The molecule has 102 valence electrons. The fourth-order valence-corrected chi connectivity index (χ4v) is 2.63. The molecule has 1 unspecified atom stereocenters. The monoisotopic (exact) mass is 242 g/mol. The van der Waals surface area contributed by atoms with Crippen LogP contribution in [0, 0.1) is 5.41 Å². The highest BCUT2D eigenvalue weighted by atomic mass is 16.3. The maximum atomic E-state index is 9.01. The first-order valence-electron chi connectivity index (χ1n) is 7.14. The van der Waals surface area contributed by atoms with Crippen LogP contribution in [0.5, 0.6) is 0 Å². The van der Waals surface area contributed by atoms with Gasteiger partial charge in [-0.15, -0.1) is 0 Å². The summed E-state index contributed by atoms with van der Waals surface area (Å²) in [5.74, 6) is 0. The lowest BCUT2D eigenvalue weighted by molar-refractivity contribution is 0.0673. The number of aliphatic hydroxyl groups is 1. The van der Waals surface area contributed by atoms with Gasteiger partial charge in [0.25, 0.3) is 0 Å². The number of aliphatic hydroxyl groups excluding tert-OH is 1. The molecule has 1 aliphatic carbocycles. The summed E-state index contributed by atoms with van der Waals surface area (Å²) in [4.78, 5) is 2.61. The van der Waals surface area contributed by atoms with E-state index in [1.807, 2.05) is 7.05 Å². The van der Waals surface area contributed by atoms with Gasteiger partial charge in [-0.2, -0.15) is 0 Å². The standard InChI is InChI=1S/C14H30N2O/c1-4-14(2,11-15-3)12-16(9-6-10-17)13-7-5-8-13/h13,15,17H,4-12H2,1-3H3. The molecule has 1 fully saturated rings. The molecule has 1 saturated carbocycles. The van der Waals surface area contributed by atoms with Crippen molar-refractivity contribution in [2.45, 2.75) is 52.0 Å². The lowest BCUT2D eigenvalue weighted by Gasteiger charge is -2.43. The minimum absolute atomic E-state index is 0.318. The second-order valence-electron chi connectivity index (χ2n) is 5.83. The van der Waals surface area contributed by atoms with Crippen LogP contribution in [0.15, 0.2) is 0 Å². The molecular formula is C14H30N2O. The summed E-state index contributed by atoms with van der Waals surface area (Å²) >= 11 is 0. The Hall–Kier alpha value is -0.120. The molecule has 0 heterocycles. The van der Waals surface area contributed by atoms with Crippen LogP contribution in [0.3, 0.4) is 0 Å². The summed E-state index contributed by atoms with van der Waals surface area (Å²) in [7, 11) is 2.04. The summed E-state index contributed by atoms with van der Waals surface area (Å²) in [5, 5.41) is 12.3. The molecule has 0 aromatic carbocycles. The van der Waals surface area contributed by atoms with Crippen LogP contribution in [0.1, 0.15) is 46.0 Å². The van der Waals surface area contributed by atoms with Crippen LogP contribution < -0.4 is 5.32 Å². The molecule has 0 aromatic heterocycles. The van der Waals surface area contributed by atoms with E-state index in [9.17, 15) is 0 Å². The van der Waals surface area contributed by atoms with Crippen molar-refractivity contribution in [3.63, 3.8) is 0 Å². The molecule has 0 radical (unpaired) electrons. The third-order valence-corrected chi connectivity index (χ3v) is 4.24. The Morgan fingerprint density at radius 1 is 1.41 bits per heavy atom. The van der Waals surface area contributed by atoms with Crippen LogP contribution in [0.25, 0.3) is 0 Å². The minimum Gasteiger partial charge on any atom is -0.396 e. The topological polar surface area (TPSA) is 35.5 Å². The van der Waals surface area contributed by atoms with Crippen LogP contribution in [0.2, 0.25) is 0 Å². The van der Waals surface area contributed by atoms with Gasteiger partial charge in [-0.25, -0.2) is 0 Å². The molecule has 3 nitrogen and oxygen atoms in total. The lowest BCUT2D eigenvalue weighted by Crippen LogP contribution is -2.48. The van der Waals surface area contributed by atoms with E-state index in [0.29, 0.717) is 12.0 Å². The third kappa shape index (κ3) is 4.57. The summed E-state index contributed by atoms with van der Waals surface area (Å²) in [5.41, 5.74) is 0.361. The molecule has 0 bridgehead atoms. The Morgan fingerprint density at radius 3 is 2.53 bits per heavy atom. The predicted octanol–water partition coefficient (Wildman–Crippen LogP) is 1.86. The van der Waals surface area contributed by atoms with E-state index in [4.69, 9.17) is 5.11 Å². The highest BCUT2D eigenvalue weighted by Gasteiger charge is 2.30. The van der Waals surface area contributed by atoms with Crippen molar-refractivity contribution in [3.8, 4) is 0 Å². The SMILES string of the molecule is CCC(C)(CNC)CN(CCCO)C1CCC1. The van der Waals surface area contributed by atoms with Crippen molar-refractivity contribution in [1.82, 2.24) is 10.2 Å². The molecule has 0 aromatic rings. The fourth-order valence-electron chi connectivity index (χ4n) is 2.63. The number of hydrogen-bond donors (Lipinski definition) is 2. The predicted molar refractivity (Wildman–Crippen MR) is 73.2 cm³/mol. The maximum Gasteiger partial charge on any atom is 0.0443 e. The van der Waals surface area contributed by atoms with Gasteiger partial charge in [0, 0.05) is 32.3 Å². The first-order chi connectivity index (χ1) is 8.15. The average Bonchev–Trinajstić information content (AvgIpc) is 2.24. The van der Waals surface area contributed by atoms with E-state index in [2.05, 4.69) is 24.1 Å².